The van der Waals surface area contributed by atoms with Gasteiger partial charge in [0, 0.05) is 0 Å². The summed E-state index contributed by atoms with van der Waals surface area (Å²) in [6.45, 7) is 5.46. The Morgan fingerprint density at radius 1 is 1.15 bits per heavy atom. The third kappa shape index (κ3) is 5.30. The van der Waals surface area contributed by atoms with E-state index in [0.29, 0.717) is 11.4 Å². The first-order valence-electron chi connectivity index (χ1n) is 9.85. The van der Waals surface area contributed by atoms with Crippen molar-refractivity contribution in [3.63, 3.8) is 0 Å². The second-order valence-corrected chi connectivity index (χ2v) is 9.41. The van der Waals surface area contributed by atoms with E-state index >= 15 is 0 Å². The lowest BCUT2D eigenvalue weighted by Crippen LogP contribution is -2.31. The number of rotatable bonds is 8. The molecule has 0 heterocycles. The first-order valence-corrected chi connectivity index (χ1v) is 11.7. The highest BCUT2D eigenvalue weighted by molar-refractivity contribution is 7.92. The molecule has 0 aromatic heterocycles. The average Bonchev–Trinajstić information content (AvgIpc) is 2.79. The normalized spacial score (nSPS) is 11.0. The minimum Gasteiger partial charge on any atom is -0.506 e. The van der Waals surface area contributed by atoms with Crippen molar-refractivity contribution in [2.75, 3.05) is 23.3 Å². The zero-order chi connectivity index (χ0) is 24.2. The molecule has 172 valence electrons. The number of benzene rings is 3. The van der Waals surface area contributed by atoms with Crippen LogP contribution in [0, 0.1) is 6.92 Å². The number of phenolic OH excluding ortho intramolecular Hbond substituents is 1. The highest BCUT2D eigenvalue weighted by Crippen LogP contribution is 2.30. The van der Waals surface area contributed by atoms with E-state index in [-0.39, 0.29) is 33.5 Å². The van der Waals surface area contributed by atoms with Gasteiger partial charge in [-0.3, -0.25) is 9.10 Å². The van der Waals surface area contributed by atoms with Crippen LogP contribution in [-0.4, -0.2) is 33.1 Å². The van der Waals surface area contributed by atoms with Crippen LogP contribution in [0.2, 0.25) is 5.02 Å². The van der Waals surface area contributed by atoms with E-state index in [1.165, 1.54) is 37.5 Å². The number of sulfonamides is 1. The highest BCUT2D eigenvalue weighted by atomic mass is 35.5. The predicted molar refractivity (Wildman–Crippen MR) is 130 cm³/mol. The average molecular weight is 487 g/mol. The second kappa shape index (κ2) is 9.97. The number of carbonyl (C=O) groups is 1. The fourth-order valence-corrected chi connectivity index (χ4v) is 4.78. The summed E-state index contributed by atoms with van der Waals surface area (Å²) in [6, 6.07) is 15.2. The van der Waals surface area contributed by atoms with Crippen molar-refractivity contribution >= 4 is 38.9 Å². The number of phenols is 1. The summed E-state index contributed by atoms with van der Waals surface area (Å²) in [5.74, 6) is -0.185. The van der Waals surface area contributed by atoms with E-state index in [9.17, 15) is 18.3 Å². The van der Waals surface area contributed by atoms with Crippen LogP contribution >= 0.6 is 11.6 Å². The van der Waals surface area contributed by atoms with Crippen LogP contribution in [0.15, 0.2) is 78.2 Å². The SMILES string of the molecule is C=CCN(c1ccc(OC)cc1)S(=O)(=O)c1ccc(Cl)c(C(=O)Nc2ccc(C)cc2O)c1. The third-order valence-corrected chi connectivity index (χ3v) is 6.95. The van der Waals surface area contributed by atoms with Crippen molar-refractivity contribution in [2.45, 2.75) is 11.8 Å². The second-order valence-electron chi connectivity index (χ2n) is 7.14. The van der Waals surface area contributed by atoms with E-state index in [0.717, 1.165) is 9.87 Å². The number of halogens is 1. The Hall–Kier alpha value is -3.49. The Labute approximate surface area is 197 Å². The van der Waals surface area contributed by atoms with Gasteiger partial charge in [0.15, 0.2) is 0 Å². The molecule has 0 unspecified atom stereocenters. The van der Waals surface area contributed by atoms with Crippen LogP contribution in [0.1, 0.15) is 15.9 Å². The predicted octanol–water partition coefficient (Wildman–Crippen LogP) is 5.00. The first kappa shape index (κ1) is 24.2. The maximum absolute atomic E-state index is 13.4. The van der Waals surface area contributed by atoms with Gasteiger partial charge in [-0.2, -0.15) is 0 Å². The smallest absolute Gasteiger partial charge is 0.264 e. The van der Waals surface area contributed by atoms with Crippen molar-refractivity contribution in [1.82, 2.24) is 0 Å². The molecular formula is C24H23ClN2O5S. The summed E-state index contributed by atoms with van der Waals surface area (Å²) in [7, 11) is -2.54. The number of ether oxygens (including phenoxy) is 1. The molecule has 3 rings (SSSR count). The number of aromatic hydroxyl groups is 1. The zero-order valence-electron chi connectivity index (χ0n) is 18.1. The summed E-state index contributed by atoms with van der Waals surface area (Å²) >= 11 is 6.20. The zero-order valence-corrected chi connectivity index (χ0v) is 19.7. The van der Waals surface area contributed by atoms with E-state index in [1.807, 2.05) is 0 Å². The van der Waals surface area contributed by atoms with Gasteiger partial charge in [0.05, 0.1) is 40.5 Å². The molecule has 3 aromatic carbocycles. The Kier molecular flexibility index (Phi) is 7.30. The van der Waals surface area contributed by atoms with Crippen molar-refractivity contribution in [1.29, 1.82) is 0 Å². The lowest BCUT2D eigenvalue weighted by Gasteiger charge is -2.23. The summed E-state index contributed by atoms with van der Waals surface area (Å²) in [4.78, 5) is 12.7. The lowest BCUT2D eigenvalue weighted by atomic mass is 10.2. The van der Waals surface area contributed by atoms with E-state index in [4.69, 9.17) is 16.3 Å². The maximum atomic E-state index is 13.4. The van der Waals surface area contributed by atoms with Gasteiger partial charge in [-0.1, -0.05) is 23.7 Å². The molecule has 0 aliphatic rings. The van der Waals surface area contributed by atoms with Gasteiger partial charge in [0.1, 0.15) is 11.5 Å². The van der Waals surface area contributed by atoms with Gasteiger partial charge in [-0.15, -0.1) is 6.58 Å². The fourth-order valence-electron chi connectivity index (χ4n) is 3.11. The number of methoxy groups -OCH3 is 1. The molecule has 33 heavy (non-hydrogen) atoms. The van der Waals surface area contributed by atoms with Crippen LogP contribution in [0.5, 0.6) is 11.5 Å². The highest BCUT2D eigenvalue weighted by Gasteiger charge is 2.26. The van der Waals surface area contributed by atoms with Gasteiger partial charge < -0.3 is 15.2 Å². The molecule has 0 spiro atoms. The Morgan fingerprint density at radius 3 is 2.45 bits per heavy atom. The summed E-state index contributed by atoms with van der Waals surface area (Å²) in [5, 5.41) is 12.7. The molecule has 0 saturated heterocycles. The fraction of sp³-hybridized carbons (Fsp3) is 0.125. The molecular weight excluding hydrogens is 464 g/mol. The number of nitrogens with zero attached hydrogens (tertiary/aromatic N) is 1. The molecule has 7 nitrogen and oxygen atoms in total. The molecule has 9 heteroatoms. The van der Waals surface area contributed by atoms with E-state index < -0.39 is 15.9 Å². The van der Waals surface area contributed by atoms with Gasteiger partial charge in [-0.05, 0) is 67.1 Å². The minimum atomic E-state index is -4.06. The molecule has 0 saturated carbocycles. The molecule has 0 atom stereocenters. The van der Waals surface area contributed by atoms with Gasteiger partial charge >= 0.3 is 0 Å². The number of hydrogen-bond donors (Lipinski definition) is 2. The summed E-state index contributed by atoms with van der Waals surface area (Å²) in [6.07, 6.45) is 1.46. The molecule has 0 aliphatic heterocycles. The van der Waals surface area contributed by atoms with Crippen molar-refractivity contribution in [3.8, 4) is 11.5 Å². The Bertz CT molecular complexity index is 1290. The molecule has 2 N–H and O–H groups in total. The van der Waals surface area contributed by atoms with E-state index in [2.05, 4.69) is 11.9 Å². The van der Waals surface area contributed by atoms with Gasteiger partial charge in [-0.25, -0.2) is 8.42 Å². The maximum Gasteiger partial charge on any atom is 0.264 e. The van der Waals surface area contributed by atoms with Crippen LogP contribution in [0.25, 0.3) is 0 Å². The topological polar surface area (TPSA) is 95.9 Å². The number of anilines is 2. The third-order valence-electron chi connectivity index (χ3n) is 4.83. The minimum absolute atomic E-state index is 0.00998. The number of amides is 1. The molecule has 0 radical (unpaired) electrons. The van der Waals surface area contributed by atoms with Crippen molar-refractivity contribution < 1.29 is 23.1 Å². The Balaban J connectivity index is 1.98. The van der Waals surface area contributed by atoms with Gasteiger partial charge in [0.2, 0.25) is 0 Å². The lowest BCUT2D eigenvalue weighted by molar-refractivity contribution is 0.102. The molecule has 3 aromatic rings. The molecule has 0 fully saturated rings. The Morgan fingerprint density at radius 2 is 1.85 bits per heavy atom. The standard InChI is InChI=1S/C24H23ClN2O5S/c1-4-13-27(17-6-8-18(32-3)9-7-17)33(30,31)19-10-11-21(25)20(15-19)24(29)26-22-12-5-16(2)14-23(22)28/h4-12,14-15,28H,1,13H2,2-3H3,(H,26,29). The largest absolute Gasteiger partial charge is 0.506 e. The van der Waals surface area contributed by atoms with Crippen molar-refractivity contribution in [3.05, 3.63) is 89.5 Å². The number of carbonyl (C=O) groups excluding carboxylic acids is 1. The summed E-state index contributed by atoms with van der Waals surface area (Å²) < 4.78 is 33.2. The number of nitrogens with one attached hydrogen (secondary N) is 1. The van der Waals surface area contributed by atoms with Crippen LogP contribution < -0.4 is 14.4 Å². The van der Waals surface area contributed by atoms with Crippen LogP contribution in [0.4, 0.5) is 11.4 Å². The quantitative estimate of drug-likeness (QED) is 0.345. The molecule has 0 bridgehead atoms. The number of hydrogen-bond acceptors (Lipinski definition) is 5. The monoisotopic (exact) mass is 486 g/mol. The van der Waals surface area contributed by atoms with Gasteiger partial charge in [0.25, 0.3) is 15.9 Å². The molecule has 0 aliphatic carbocycles. The van der Waals surface area contributed by atoms with E-state index in [1.54, 1.807) is 43.3 Å². The molecule has 1 amide bonds. The first-order chi connectivity index (χ1) is 15.7. The van der Waals surface area contributed by atoms with Crippen LogP contribution in [-0.2, 0) is 10.0 Å². The van der Waals surface area contributed by atoms with Crippen molar-refractivity contribution in [2.24, 2.45) is 0 Å². The summed E-state index contributed by atoms with van der Waals surface area (Å²) in [5.41, 5.74) is 1.35. The van der Waals surface area contributed by atoms with Crippen LogP contribution in [0.3, 0.4) is 0 Å². The number of aryl methyl sites for hydroxylation is 1.